The minimum atomic E-state index is 0.740. The Kier molecular flexibility index (Phi) is 5.87. The molecule has 106 valence electrons. The van der Waals surface area contributed by atoms with Crippen molar-refractivity contribution < 1.29 is 0 Å². The highest BCUT2D eigenvalue weighted by molar-refractivity contribution is 5.32. The Morgan fingerprint density at radius 1 is 1.21 bits per heavy atom. The third-order valence-corrected chi connectivity index (χ3v) is 4.27. The number of nitrogens with zero attached hydrogens (tertiary/aromatic N) is 1. The quantitative estimate of drug-likeness (QED) is 0.763. The van der Waals surface area contributed by atoms with E-state index in [2.05, 4.69) is 36.2 Å². The number of aryl methyl sites for hydroxylation is 1. The van der Waals surface area contributed by atoms with Gasteiger partial charge >= 0.3 is 0 Å². The van der Waals surface area contributed by atoms with E-state index in [-0.39, 0.29) is 0 Å². The van der Waals surface area contributed by atoms with Gasteiger partial charge in [-0.2, -0.15) is 0 Å². The Morgan fingerprint density at radius 2 is 2.05 bits per heavy atom. The molecule has 2 heteroatoms. The predicted octanol–water partition coefficient (Wildman–Crippen LogP) is 3.17. The molecule has 0 bridgehead atoms. The maximum atomic E-state index is 5.53. The zero-order valence-corrected chi connectivity index (χ0v) is 12.3. The van der Waals surface area contributed by atoms with Crippen molar-refractivity contribution in [3.8, 4) is 0 Å². The van der Waals surface area contributed by atoms with Gasteiger partial charge in [0.15, 0.2) is 0 Å². The van der Waals surface area contributed by atoms with Crippen LogP contribution in [0.4, 0.5) is 0 Å². The summed E-state index contributed by atoms with van der Waals surface area (Å²) in [4.78, 5) is 2.50. The maximum Gasteiger partial charge on any atom is 0.00473 e. The summed E-state index contributed by atoms with van der Waals surface area (Å²) in [5.74, 6) is 0.740. The van der Waals surface area contributed by atoms with E-state index >= 15 is 0 Å². The van der Waals surface area contributed by atoms with Gasteiger partial charge in [-0.15, -0.1) is 0 Å². The molecule has 2 nitrogen and oxygen atoms in total. The molecule has 0 saturated carbocycles. The van der Waals surface area contributed by atoms with E-state index in [9.17, 15) is 0 Å². The lowest BCUT2D eigenvalue weighted by molar-refractivity contribution is 0.291. The molecule has 0 spiro atoms. The number of unbranched alkanes of at least 4 members (excludes halogenated alkanes) is 2. The molecular weight excluding hydrogens is 232 g/mol. The smallest absolute Gasteiger partial charge is 0.00473 e. The summed E-state index contributed by atoms with van der Waals surface area (Å²) in [5.41, 5.74) is 8.71. The molecule has 1 aromatic carbocycles. The molecule has 1 aliphatic rings. The molecule has 0 radical (unpaired) electrons. The second-order valence-corrected chi connectivity index (χ2v) is 5.90. The van der Waals surface area contributed by atoms with E-state index < -0.39 is 0 Å². The van der Waals surface area contributed by atoms with Crippen molar-refractivity contribution in [2.24, 2.45) is 5.73 Å². The molecule has 0 aromatic heterocycles. The standard InChI is InChI=1S/C17H28N2/c1-19(13-6-2-5-12-18)14-16-10-7-9-15-8-3-4-11-17(15)16/h3-4,8,11,16H,2,5-7,9-10,12-14,18H2,1H3. The van der Waals surface area contributed by atoms with Crippen LogP contribution in [0, 0.1) is 0 Å². The average molecular weight is 260 g/mol. The van der Waals surface area contributed by atoms with Crippen LogP contribution < -0.4 is 5.73 Å². The first-order valence-corrected chi connectivity index (χ1v) is 7.77. The van der Waals surface area contributed by atoms with Crippen molar-refractivity contribution in [2.75, 3.05) is 26.7 Å². The second-order valence-electron chi connectivity index (χ2n) is 5.90. The van der Waals surface area contributed by atoms with Gasteiger partial charge in [-0.25, -0.2) is 0 Å². The van der Waals surface area contributed by atoms with Crippen LogP contribution >= 0.6 is 0 Å². The first kappa shape index (κ1) is 14.5. The number of hydrogen-bond donors (Lipinski definition) is 1. The SMILES string of the molecule is CN(CCCCCN)CC1CCCc2ccccc21. The van der Waals surface area contributed by atoms with Crippen LogP contribution in [0.15, 0.2) is 24.3 Å². The fourth-order valence-corrected chi connectivity index (χ4v) is 3.21. The minimum absolute atomic E-state index is 0.740. The first-order valence-electron chi connectivity index (χ1n) is 7.77. The molecule has 2 N–H and O–H groups in total. The highest BCUT2D eigenvalue weighted by Crippen LogP contribution is 2.31. The van der Waals surface area contributed by atoms with Gasteiger partial charge in [0.1, 0.15) is 0 Å². The summed E-state index contributed by atoms with van der Waals surface area (Å²) < 4.78 is 0. The second kappa shape index (κ2) is 7.66. The number of benzene rings is 1. The molecular formula is C17H28N2. The summed E-state index contributed by atoms with van der Waals surface area (Å²) >= 11 is 0. The highest BCUT2D eigenvalue weighted by atomic mass is 15.1. The zero-order valence-electron chi connectivity index (χ0n) is 12.3. The molecule has 1 aromatic rings. The monoisotopic (exact) mass is 260 g/mol. The van der Waals surface area contributed by atoms with Gasteiger partial charge in [0.05, 0.1) is 0 Å². The summed E-state index contributed by atoms with van der Waals surface area (Å²) in [6, 6.07) is 9.01. The Morgan fingerprint density at radius 3 is 2.89 bits per heavy atom. The largest absolute Gasteiger partial charge is 0.330 e. The van der Waals surface area contributed by atoms with Gasteiger partial charge in [0, 0.05) is 6.54 Å². The molecule has 1 aliphatic carbocycles. The van der Waals surface area contributed by atoms with Crippen LogP contribution in [0.5, 0.6) is 0 Å². The van der Waals surface area contributed by atoms with Crippen LogP contribution in [0.3, 0.4) is 0 Å². The molecule has 0 heterocycles. The van der Waals surface area contributed by atoms with Crippen molar-refractivity contribution >= 4 is 0 Å². The lowest BCUT2D eigenvalue weighted by atomic mass is 9.82. The van der Waals surface area contributed by atoms with Gasteiger partial charge < -0.3 is 10.6 Å². The Balaban J connectivity index is 1.83. The van der Waals surface area contributed by atoms with E-state index in [0.29, 0.717) is 0 Å². The molecule has 19 heavy (non-hydrogen) atoms. The summed E-state index contributed by atoms with van der Waals surface area (Å²) in [6.45, 7) is 3.25. The van der Waals surface area contributed by atoms with Crippen LogP contribution in [0.25, 0.3) is 0 Å². The Bertz CT molecular complexity index is 375. The third kappa shape index (κ3) is 4.32. The van der Waals surface area contributed by atoms with E-state index in [1.165, 1.54) is 51.6 Å². The fraction of sp³-hybridized carbons (Fsp3) is 0.647. The predicted molar refractivity (Wildman–Crippen MR) is 82.5 cm³/mol. The van der Waals surface area contributed by atoms with Gasteiger partial charge in [-0.3, -0.25) is 0 Å². The number of rotatable bonds is 7. The van der Waals surface area contributed by atoms with Gasteiger partial charge in [-0.05, 0) is 69.3 Å². The molecule has 0 fully saturated rings. The first-order chi connectivity index (χ1) is 9.31. The van der Waals surface area contributed by atoms with Crippen molar-refractivity contribution in [2.45, 2.75) is 44.4 Å². The Labute approximate surface area is 118 Å². The lowest BCUT2D eigenvalue weighted by Crippen LogP contribution is -2.27. The molecule has 0 amide bonds. The van der Waals surface area contributed by atoms with Gasteiger partial charge in [0.2, 0.25) is 0 Å². The van der Waals surface area contributed by atoms with Crippen LogP contribution in [0.1, 0.15) is 49.1 Å². The summed E-state index contributed by atoms with van der Waals surface area (Å²) in [5, 5.41) is 0. The lowest BCUT2D eigenvalue weighted by Gasteiger charge is -2.29. The van der Waals surface area contributed by atoms with Crippen LogP contribution in [-0.2, 0) is 6.42 Å². The minimum Gasteiger partial charge on any atom is -0.330 e. The van der Waals surface area contributed by atoms with Crippen molar-refractivity contribution in [1.82, 2.24) is 4.90 Å². The molecule has 0 aliphatic heterocycles. The fourth-order valence-electron chi connectivity index (χ4n) is 3.21. The maximum absolute atomic E-state index is 5.53. The zero-order chi connectivity index (χ0) is 13.5. The number of likely N-dealkylation sites (N-methyl/N-ethyl adjacent to an activating group) is 1. The third-order valence-electron chi connectivity index (χ3n) is 4.27. The van der Waals surface area contributed by atoms with E-state index in [0.717, 1.165) is 12.5 Å². The van der Waals surface area contributed by atoms with Crippen molar-refractivity contribution in [1.29, 1.82) is 0 Å². The Hall–Kier alpha value is -0.860. The van der Waals surface area contributed by atoms with Crippen LogP contribution in [-0.4, -0.2) is 31.6 Å². The van der Waals surface area contributed by atoms with E-state index in [1.54, 1.807) is 11.1 Å². The molecule has 1 unspecified atom stereocenters. The van der Waals surface area contributed by atoms with Crippen molar-refractivity contribution in [3.05, 3.63) is 35.4 Å². The van der Waals surface area contributed by atoms with E-state index in [4.69, 9.17) is 5.73 Å². The normalized spacial score (nSPS) is 18.6. The molecule has 0 saturated heterocycles. The average Bonchev–Trinajstić information content (AvgIpc) is 2.44. The topological polar surface area (TPSA) is 29.3 Å². The van der Waals surface area contributed by atoms with E-state index in [1.807, 2.05) is 0 Å². The number of fused-ring (bicyclic) bond motifs is 1. The summed E-state index contributed by atoms with van der Waals surface area (Å²) in [7, 11) is 2.26. The van der Waals surface area contributed by atoms with Crippen molar-refractivity contribution in [3.63, 3.8) is 0 Å². The van der Waals surface area contributed by atoms with Gasteiger partial charge in [0.25, 0.3) is 0 Å². The molecule has 1 atom stereocenters. The summed E-state index contributed by atoms with van der Waals surface area (Å²) in [6.07, 6.45) is 7.68. The number of nitrogens with two attached hydrogens (primary N) is 1. The highest BCUT2D eigenvalue weighted by Gasteiger charge is 2.20. The number of hydrogen-bond acceptors (Lipinski definition) is 2. The van der Waals surface area contributed by atoms with Gasteiger partial charge in [-0.1, -0.05) is 30.7 Å². The van der Waals surface area contributed by atoms with Crippen LogP contribution in [0.2, 0.25) is 0 Å². The molecule has 2 rings (SSSR count).